The number of pyridine rings is 2. The predicted octanol–water partition coefficient (Wildman–Crippen LogP) is 5.40. The average molecular weight is 310 g/mol. The smallest absolute Gasteiger partial charge is 0.0786 e. The average Bonchev–Trinajstić information content (AvgIpc) is 2.58. The highest BCUT2D eigenvalue weighted by Gasteiger charge is 2.34. The number of aryl methyl sites for hydroxylation is 1. The lowest BCUT2D eigenvalue weighted by Gasteiger charge is -2.35. The maximum atomic E-state index is 4.77. The number of hydrogen-bond donors (Lipinski definition) is 0. The Labute approximate surface area is 141 Å². The summed E-state index contributed by atoms with van der Waals surface area (Å²) < 4.78 is 0. The Balaban J connectivity index is 2.02. The van der Waals surface area contributed by atoms with Gasteiger partial charge in [0.25, 0.3) is 0 Å². The maximum absolute atomic E-state index is 4.77. The van der Waals surface area contributed by atoms with Crippen molar-refractivity contribution in [2.75, 3.05) is 0 Å². The summed E-state index contributed by atoms with van der Waals surface area (Å²) in [4.78, 5) is 9.06. The summed E-state index contributed by atoms with van der Waals surface area (Å²) in [6.45, 7) is 6.81. The first-order valence-corrected chi connectivity index (χ1v) is 8.34. The van der Waals surface area contributed by atoms with Crippen LogP contribution in [0.4, 0.5) is 0 Å². The Kier molecular flexibility index (Phi) is 2.52. The van der Waals surface area contributed by atoms with Crippen molar-refractivity contribution in [2.45, 2.75) is 26.2 Å². The third kappa shape index (κ3) is 1.66. The molecule has 116 valence electrons. The molecule has 2 heterocycles. The zero-order valence-corrected chi connectivity index (χ0v) is 14.1. The molecule has 5 rings (SSSR count). The second kappa shape index (κ2) is 4.41. The van der Waals surface area contributed by atoms with Crippen molar-refractivity contribution >= 4 is 21.5 Å². The quantitative estimate of drug-likeness (QED) is 0.435. The summed E-state index contributed by atoms with van der Waals surface area (Å²) in [7, 11) is 0. The van der Waals surface area contributed by atoms with E-state index in [0.29, 0.717) is 0 Å². The molecule has 2 heteroatoms. The van der Waals surface area contributed by atoms with Gasteiger partial charge >= 0.3 is 0 Å². The Morgan fingerprint density at radius 3 is 2.54 bits per heavy atom. The minimum absolute atomic E-state index is 0.0559. The Morgan fingerprint density at radius 1 is 0.833 bits per heavy atom. The lowest BCUT2D eigenvalue weighted by molar-refractivity contribution is 0.644. The zero-order chi connectivity index (χ0) is 16.5. The first-order valence-electron chi connectivity index (χ1n) is 8.34. The molecular formula is C22H18N2. The van der Waals surface area contributed by atoms with E-state index in [0.717, 1.165) is 5.69 Å². The largest absolute Gasteiger partial charge is 0.264 e. The minimum atomic E-state index is -0.0559. The van der Waals surface area contributed by atoms with Gasteiger partial charge in [0, 0.05) is 40.3 Å². The summed E-state index contributed by atoms with van der Waals surface area (Å²) in [5.74, 6) is 0. The fraction of sp³-hybridized carbons (Fsp3) is 0.182. The molecule has 2 aromatic heterocycles. The maximum Gasteiger partial charge on any atom is 0.0786 e. The SMILES string of the molecule is Cc1cc2c3c(nccc3c1)-c1cc3ccncc3cc1C2(C)C. The standard InChI is InChI=1S/C22H18N2/c1-13-8-15-5-7-24-21-17-10-14-4-6-23-12-16(14)11-18(17)22(2,3)19(9-13)20(15)21/h4-12H,1-3H3. The number of aromatic nitrogens is 2. The van der Waals surface area contributed by atoms with E-state index in [9.17, 15) is 0 Å². The van der Waals surface area contributed by atoms with Gasteiger partial charge in [0.1, 0.15) is 0 Å². The molecule has 0 radical (unpaired) electrons. The molecule has 2 aromatic carbocycles. The monoisotopic (exact) mass is 310 g/mol. The van der Waals surface area contributed by atoms with Crippen LogP contribution in [0.15, 0.2) is 55.0 Å². The van der Waals surface area contributed by atoms with Crippen LogP contribution in [-0.4, -0.2) is 9.97 Å². The van der Waals surface area contributed by atoms with Crippen LogP contribution >= 0.6 is 0 Å². The van der Waals surface area contributed by atoms with Crippen molar-refractivity contribution in [3.05, 3.63) is 71.7 Å². The number of nitrogens with zero attached hydrogens (tertiary/aromatic N) is 2. The highest BCUT2D eigenvalue weighted by molar-refractivity contribution is 6.04. The Bertz CT molecular complexity index is 1140. The van der Waals surface area contributed by atoms with Gasteiger partial charge in [-0.1, -0.05) is 31.5 Å². The van der Waals surface area contributed by atoms with E-state index < -0.39 is 0 Å². The molecule has 1 aliphatic carbocycles. The first kappa shape index (κ1) is 13.7. The van der Waals surface area contributed by atoms with Crippen LogP contribution in [0.5, 0.6) is 0 Å². The summed E-state index contributed by atoms with van der Waals surface area (Å²) in [5.41, 5.74) is 6.31. The number of fused-ring (bicyclic) bond motifs is 3. The van der Waals surface area contributed by atoms with Gasteiger partial charge in [0.2, 0.25) is 0 Å². The normalized spacial score (nSPS) is 14.8. The van der Waals surface area contributed by atoms with Gasteiger partial charge in [-0.15, -0.1) is 0 Å². The molecule has 0 fully saturated rings. The van der Waals surface area contributed by atoms with Crippen molar-refractivity contribution in [3.8, 4) is 11.3 Å². The van der Waals surface area contributed by atoms with Crippen LogP contribution < -0.4 is 0 Å². The number of rotatable bonds is 0. The van der Waals surface area contributed by atoms with E-state index in [2.05, 4.69) is 62.2 Å². The van der Waals surface area contributed by atoms with Gasteiger partial charge in [-0.25, -0.2) is 0 Å². The predicted molar refractivity (Wildman–Crippen MR) is 99.3 cm³/mol. The third-order valence-corrected chi connectivity index (χ3v) is 5.39. The second-order valence-electron chi connectivity index (χ2n) is 7.32. The Hall–Kier alpha value is -2.74. The minimum Gasteiger partial charge on any atom is -0.264 e. The highest BCUT2D eigenvalue weighted by Crippen LogP contribution is 2.48. The van der Waals surface area contributed by atoms with Gasteiger partial charge in [0.05, 0.1) is 5.69 Å². The fourth-order valence-electron chi connectivity index (χ4n) is 4.16. The fourth-order valence-corrected chi connectivity index (χ4v) is 4.16. The molecule has 0 spiro atoms. The molecule has 0 aliphatic heterocycles. The van der Waals surface area contributed by atoms with E-state index in [1.165, 1.54) is 43.8 Å². The van der Waals surface area contributed by atoms with E-state index in [1.807, 2.05) is 18.6 Å². The lowest BCUT2D eigenvalue weighted by Crippen LogP contribution is -2.24. The third-order valence-electron chi connectivity index (χ3n) is 5.39. The van der Waals surface area contributed by atoms with Crippen molar-refractivity contribution in [3.63, 3.8) is 0 Å². The zero-order valence-electron chi connectivity index (χ0n) is 14.1. The topological polar surface area (TPSA) is 25.8 Å². The van der Waals surface area contributed by atoms with Crippen LogP contribution in [-0.2, 0) is 5.41 Å². The molecule has 24 heavy (non-hydrogen) atoms. The Morgan fingerprint density at radius 2 is 1.67 bits per heavy atom. The molecular weight excluding hydrogens is 292 g/mol. The van der Waals surface area contributed by atoms with Gasteiger partial charge in [-0.3, -0.25) is 9.97 Å². The number of hydrogen-bond acceptors (Lipinski definition) is 2. The molecule has 1 aliphatic rings. The second-order valence-corrected chi connectivity index (χ2v) is 7.32. The van der Waals surface area contributed by atoms with E-state index >= 15 is 0 Å². The van der Waals surface area contributed by atoms with Crippen LogP contribution in [0.3, 0.4) is 0 Å². The molecule has 0 N–H and O–H groups in total. The van der Waals surface area contributed by atoms with Gasteiger partial charge < -0.3 is 0 Å². The lowest BCUT2D eigenvalue weighted by atomic mass is 9.69. The summed E-state index contributed by atoms with van der Waals surface area (Å²) in [5, 5.41) is 4.99. The van der Waals surface area contributed by atoms with Crippen LogP contribution in [0.1, 0.15) is 30.5 Å². The van der Waals surface area contributed by atoms with Gasteiger partial charge in [-0.05, 0) is 53.1 Å². The molecule has 0 bridgehead atoms. The van der Waals surface area contributed by atoms with E-state index in [-0.39, 0.29) is 5.41 Å². The number of benzene rings is 2. The van der Waals surface area contributed by atoms with Crippen molar-refractivity contribution in [2.24, 2.45) is 0 Å². The van der Waals surface area contributed by atoms with Crippen molar-refractivity contribution in [1.29, 1.82) is 0 Å². The van der Waals surface area contributed by atoms with Gasteiger partial charge in [0.15, 0.2) is 0 Å². The first-order chi connectivity index (χ1) is 11.6. The molecule has 0 unspecified atom stereocenters. The van der Waals surface area contributed by atoms with Crippen LogP contribution in [0, 0.1) is 6.92 Å². The molecule has 0 saturated heterocycles. The molecule has 0 amide bonds. The highest BCUT2D eigenvalue weighted by atomic mass is 14.7. The van der Waals surface area contributed by atoms with Crippen molar-refractivity contribution in [1.82, 2.24) is 9.97 Å². The summed E-state index contributed by atoms with van der Waals surface area (Å²) in [6, 6.07) is 13.4. The molecule has 2 nitrogen and oxygen atoms in total. The van der Waals surface area contributed by atoms with Crippen molar-refractivity contribution < 1.29 is 0 Å². The molecule has 4 aromatic rings. The van der Waals surface area contributed by atoms with Gasteiger partial charge in [-0.2, -0.15) is 0 Å². The van der Waals surface area contributed by atoms with E-state index in [4.69, 9.17) is 4.98 Å². The summed E-state index contributed by atoms with van der Waals surface area (Å²) >= 11 is 0. The summed E-state index contributed by atoms with van der Waals surface area (Å²) in [6.07, 6.45) is 5.74. The molecule has 0 saturated carbocycles. The van der Waals surface area contributed by atoms with E-state index in [1.54, 1.807) is 0 Å². The van der Waals surface area contributed by atoms with Crippen LogP contribution in [0.2, 0.25) is 0 Å². The van der Waals surface area contributed by atoms with Crippen LogP contribution in [0.25, 0.3) is 32.8 Å². The molecule has 0 atom stereocenters.